The molecule has 200 valence electrons. The molecule has 1 aliphatic rings. The Hall–Kier alpha value is -4.74. The Morgan fingerprint density at radius 2 is 1.69 bits per heavy atom. The summed E-state index contributed by atoms with van der Waals surface area (Å²) in [6.07, 6.45) is 1.99. The Balaban J connectivity index is 1.87. The van der Waals surface area contributed by atoms with Gasteiger partial charge in [0.15, 0.2) is 11.6 Å². The van der Waals surface area contributed by atoms with Crippen LogP contribution in [0.15, 0.2) is 82.8 Å². The van der Waals surface area contributed by atoms with Crippen LogP contribution < -0.4 is 10.5 Å². The van der Waals surface area contributed by atoms with Gasteiger partial charge in [0.05, 0.1) is 6.04 Å². The molecule has 7 nitrogen and oxygen atoms in total. The third kappa shape index (κ3) is 4.27. The summed E-state index contributed by atoms with van der Waals surface area (Å²) < 4.78 is 70.7. The normalized spacial score (nSPS) is 19.0. The van der Waals surface area contributed by atoms with Crippen molar-refractivity contribution in [2.24, 2.45) is 4.99 Å². The van der Waals surface area contributed by atoms with Crippen molar-refractivity contribution >= 4 is 11.5 Å². The second-order valence-corrected chi connectivity index (χ2v) is 8.86. The maximum Gasteiger partial charge on any atom is 0.321 e. The number of aromatic nitrogens is 2. The van der Waals surface area contributed by atoms with Crippen molar-refractivity contribution in [2.75, 3.05) is 4.90 Å². The topological polar surface area (TPSA) is 91.0 Å². The minimum Gasteiger partial charge on any atom is -0.508 e. The van der Waals surface area contributed by atoms with Crippen LogP contribution in [-0.4, -0.2) is 31.6 Å². The van der Waals surface area contributed by atoms with Crippen molar-refractivity contribution in [1.82, 2.24) is 9.55 Å². The van der Waals surface area contributed by atoms with E-state index < -0.39 is 47.0 Å². The maximum atomic E-state index is 15.5. The molecule has 0 bridgehead atoms. The quantitative estimate of drug-likeness (QED) is 0.272. The van der Waals surface area contributed by atoms with E-state index in [2.05, 4.69) is 4.98 Å². The SMILES string of the molecule is C[C@@H]1N(c2ccc(F)c(O)c2)C(c2ccc(=O)n(C(F)F)c2)=N[C@@]1(c1ccc(F)nc1)c1cc(O)ccc1F. The fourth-order valence-electron chi connectivity index (χ4n) is 4.83. The highest BCUT2D eigenvalue weighted by Crippen LogP contribution is 2.48. The summed E-state index contributed by atoms with van der Waals surface area (Å²) in [5, 5.41) is 20.4. The molecule has 0 radical (unpaired) electrons. The second-order valence-electron chi connectivity index (χ2n) is 8.86. The lowest BCUT2D eigenvalue weighted by molar-refractivity contribution is 0.0663. The molecule has 2 aromatic heterocycles. The van der Waals surface area contributed by atoms with E-state index in [0.29, 0.717) is 0 Å². The fourth-order valence-corrected chi connectivity index (χ4v) is 4.83. The van der Waals surface area contributed by atoms with E-state index in [-0.39, 0.29) is 38.5 Å². The van der Waals surface area contributed by atoms with Crippen molar-refractivity contribution in [3.05, 3.63) is 118 Å². The first-order valence-electron chi connectivity index (χ1n) is 11.5. The Morgan fingerprint density at radius 1 is 0.949 bits per heavy atom. The van der Waals surface area contributed by atoms with Crippen molar-refractivity contribution in [1.29, 1.82) is 0 Å². The van der Waals surface area contributed by atoms with E-state index >= 15 is 4.39 Å². The smallest absolute Gasteiger partial charge is 0.321 e. The van der Waals surface area contributed by atoms with Crippen LogP contribution in [0.5, 0.6) is 11.5 Å². The number of aliphatic imine (C=N–C) groups is 1. The fraction of sp³-hybridized carbons (Fsp3) is 0.148. The van der Waals surface area contributed by atoms with Gasteiger partial charge in [-0.1, -0.05) is 6.07 Å². The highest BCUT2D eigenvalue weighted by molar-refractivity contribution is 6.12. The van der Waals surface area contributed by atoms with E-state index in [1.165, 1.54) is 23.1 Å². The van der Waals surface area contributed by atoms with Crippen LogP contribution in [-0.2, 0) is 5.54 Å². The zero-order valence-corrected chi connectivity index (χ0v) is 20.1. The van der Waals surface area contributed by atoms with Crippen molar-refractivity contribution < 1.29 is 32.2 Å². The number of halogens is 5. The molecule has 4 aromatic rings. The lowest BCUT2D eigenvalue weighted by atomic mass is 9.78. The number of nitrogens with zero attached hydrogens (tertiary/aromatic N) is 4. The Kier molecular flexibility index (Phi) is 6.33. The summed E-state index contributed by atoms with van der Waals surface area (Å²) in [6.45, 7) is -1.60. The lowest BCUT2D eigenvalue weighted by Crippen LogP contribution is -2.45. The summed E-state index contributed by atoms with van der Waals surface area (Å²) >= 11 is 0. The van der Waals surface area contributed by atoms with Crippen LogP contribution in [0.3, 0.4) is 0 Å². The molecule has 0 fully saturated rings. The molecular weight excluding hydrogens is 523 g/mol. The number of pyridine rings is 2. The molecule has 0 amide bonds. The monoisotopic (exact) mass is 542 g/mol. The molecule has 0 saturated carbocycles. The molecule has 2 atom stereocenters. The summed E-state index contributed by atoms with van der Waals surface area (Å²) in [6, 6.07) is 10.1. The largest absolute Gasteiger partial charge is 0.508 e. The zero-order valence-electron chi connectivity index (χ0n) is 20.1. The molecule has 0 unspecified atom stereocenters. The highest BCUT2D eigenvalue weighted by Gasteiger charge is 2.51. The number of hydrogen-bond donors (Lipinski definition) is 2. The minimum atomic E-state index is -3.19. The molecule has 5 rings (SSSR count). The standard InChI is InChI=1S/C27H19F5N4O3/c1-14-27(16-3-8-23(30)33-12-16,19-11-18(37)5-7-20(19)28)34-25(15-2-9-24(39)35(13-15)26(31)32)36(14)17-4-6-21(29)22(38)10-17/h2-14,26,37-38H,1H3/t14-,27-/m0/s1. The van der Waals surface area contributed by atoms with Gasteiger partial charge in [-0.2, -0.15) is 13.2 Å². The van der Waals surface area contributed by atoms with Gasteiger partial charge in [-0.05, 0) is 49.4 Å². The van der Waals surface area contributed by atoms with Gasteiger partial charge in [0.1, 0.15) is 22.9 Å². The molecule has 12 heteroatoms. The average molecular weight is 542 g/mol. The molecule has 0 saturated heterocycles. The molecule has 2 aromatic carbocycles. The van der Waals surface area contributed by atoms with Crippen LogP contribution in [0.4, 0.5) is 27.6 Å². The van der Waals surface area contributed by atoms with Gasteiger partial charge in [-0.25, -0.2) is 18.8 Å². The van der Waals surface area contributed by atoms with E-state index in [0.717, 1.165) is 54.9 Å². The molecule has 2 N–H and O–H groups in total. The van der Waals surface area contributed by atoms with Gasteiger partial charge in [0.2, 0.25) is 5.95 Å². The lowest BCUT2D eigenvalue weighted by Gasteiger charge is -2.36. The van der Waals surface area contributed by atoms with Crippen LogP contribution in [0, 0.1) is 17.6 Å². The van der Waals surface area contributed by atoms with E-state index in [4.69, 9.17) is 4.99 Å². The predicted molar refractivity (Wildman–Crippen MR) is 132 cm³/mol. The van der Waals surface area contributed by atoms with Crippen LogP contribution in [0.25, 0.3) is 0 Å². The van der Waals surface area contributed by atoms with Crippen LogP contribution in [0.2, 0.25) is 0 Å². The number of rotatable bonds is 5. The summed E-state index contributed by atoms with van der Waals surface area (Å²) in [4.78, 5) is 21.9. The van der Waals surface area contributed by atoms with Crippen LogP contribution in [0.1, 0.15) is 30.2 Å². The Morgan fingerprint density at radius 3 is 2.36 bits per heavy atom. The van der Waals surface area contributed by atoms with Gasteiger partial charge in [0.25, 0.3) is 5.56 Å². The Bertz CT molecular complexity index is 1660. The number of amidine groups is 1. The third-order valence-electron chi connectivity index (χ3n) is 6.64. The van der Waals surface area contributed by atoms with Crippen molar-refractivity contribution in [3.63, 3.8) is 0 Å². The van der Waals surface area contributed by atoms with Gasteiger partial charge in [0, 0.05) is 46.9 Å². The van der Waals surface area contributed by atoms with Gasteiger partial charge in [-0.15, -0.1) is 0 Å². The van der Waals surface area contributed by atoms with Crippen molar-refractivity contribution in [3.8, 4) is 11.5 Å². The van der Waals surface area contributed by atoms with E-state index in [9.17, 15) is 32.6 Å². The maximum absolute atomic E-state index is 15.5. The molecular formula is C27H19F5N4O3. The summed E-state index contributed by atoms with van der Waals surface area (Å²) in [7, 11) is 0. The molecule has 1 aliphatic heterocycles. The highest BCUT2D eigenvalue weighted by atomic mass is 19.3. The molecule has 39 heavy (non-hydrogen) atoms. The first-order chi connectivity index (χ1) is 18.5. The number of anilines is 1. The molecule has 0 spiro atoms. The number of phenolic OH excluding ortho intramolecular Hbond substituents is 2. The number of benzene rings is 2. The number of aromatic hydroxyl groups is 2. The first kappa shape index (κ1) is 25.9. The summed E-state index contributed by atoms with van der Waals surface area (Å²) in [5.41, 5.74) is -2.59. The zero-order chi connectivity index (χ0) is 28.1. The molecule has 3 heterocycles. The second kappa shape index (κ2) is 9.53. The van der Waals surface area contributed by atoms with Gasteiger partial charge in [-0.3, -0.25) is 9.36 Å². The van der Waals surface area contributed by atoms with E-state index in [1.807, 2.05) is 0 Å². The van der Waals surface area contributed by atoms with Crippen LogP contribution >= 0.6 is 0 Å². The number of alkyl halides is 2. The first-order valence-corrected chi connectivity index (χ1v) is 11.5. The average Bonchev–Trinajstić information content (AvgIpc) is 3.21. The van der Waals surface area contributed by atoms with Gasteiger partial charge >= 0.3 is 6.55 Å². The van der Waals surface area contributed by atoms with Crippen molar-refractivity contribution in [2.45, 2.75) is 25.1 Å². The van der Waals surface area contributed by atoms with E-state index in [1.54, 1.807) is 6.92 Å². The number of hydrogen-bond acceptors (Lipinski definition) is 6. The van der Waals surface area contributed by atoms with Gasteiger partial charge < -0.3 is 15.1 Å². The summed E-state index contributed by atoms with van der Waals surface area (Å²) in [5.74, 6) is -3.65. The minimum absolute atomic E-state index is 0.00284. The predicted octanol–water partition coefficient (Wildman–Crippen LogP) is 5.07. The number of phenols is 2. The third-order valence-corrected chi connectivity index (χ3v) is 6.64. The molecule has 0 aliphatic carbocycles. The Labute approximate surface area is 217 Å².